The van der Waals surface area contributed by atoms with E-state index in [-0.39, 0.29) is 17.5 Å². The lowest BCUT2D eigenvalue weighted by Crippen LogP contribution is -2.09. The van der Waals surface area contributed by atoms with Crippen molar-refractivity contribution in [2.24, 2.45) is 0 Å². The third-order valence-electron chi connectivity index (χ3n) is 3.43. The van der Waals surface area contributed by atoms with E-state index in [0.29, 0.717) is 0 Å². The van der Waals surface area contributed by atoms with Crippen LogP contribution in [-0.2, 0) is 6.42 Å². The summed E-state index contributed by atoms with van der Waals surface area (Å²) in [7, 11) is 0. The predicted octanol–water partition coefficient (Wildman–Crippen LogP) is 4.32. The Morgan fingerprint density at radius 1 is 0.950 bits per heavy atom. The number of benzene rings is 2. The lowest BCUT2D eigenvalue weighted by molar-refractivity contribution is 0.0988. The fourth-order valence-corrected chi connectivity index (χ4v) is 2.12. The second-order valence-electron chi connectivity index (χ2n) is 5.09. The second kappa shape index (κ2) is 5.53. The van der Waals surface area contributed by atoms with Crippen molar-refractivity contribution in [1.29, 1.82) is 0 Å². The molecule has 2 rings (SSSR count). The van der Waals surface area contributed by atoms with Crippen LogP contribution in [0.2, 0.25) is 0 Å². The molecule has 2 aromatic rings. The monoisotopic (exact) mass is 274 g/mol. The highest BCUT2D eigenvalue weighted by molar-refractivity contribution is 5.98. The third-order valence-corrected chi connectivity index (χ3v) is 3.43. The Bertz CT molecular complexity index is 675. The highest BCUT2D eigenvalue weighted by Gasteiger charge is 2.17. The number of hydrogen-bond acceptors (Lipinski definition) is 1. The average Bonchev–Trinajstić information content (AvgIpc) is 2.40. The van der Waals surface area contributed by atoms with Crippen molar-refractivity contribution in [3.63, 3.8) is 0 Å². The van der Waals surface area contributed by atoms with E-state index >= 15 is 0 Å². The van der Waals surface area contributed by atoms with Gasteiger partial charge in [0.05, 0.1) is 5.56 Å². The number of hydrogen-bond donors (Lipinski definition) is 0. The molecule has 2 aromatic carbocycles. The summed E-state index contributed by atoms with van der Waals surface area (Å²) in [6.45, 7) is 5.30. The number of ketones is 1. The van der Waals surface area contributed by atoms with E-state index in [1.165, 1.54) is 19.1 Å². The molecule has 0 aliphatic carbocycles. The fraction of sp³-hybridized carbons (Fsp3) is 0.235. The summed E-state index contributed by atoms with van der Waals surface area (Å²) >= 11 is 0. The van der Waals surface area contributed by atoms with Crippen molar-refractivity contribution in [2.75, 3.05) is 0 Å². The molecule has 0 radical (unpaired) electrons. The lowest BCUT2D eigenvalue weighted by atomic mass is 9.97. The second-order valence-corrected chi connectivity index (χ2v) is 5.09. The van der Waals surface area contributed by atoms with E-state index in [1.54, 1.807) is 0 Å². The maximum Gasteiger partial charge on any atom is 0.170 e. The standard InChI is InChI=1S/C17H16F2O/c1-10-4-5-11(2)13(8-10)9-15(20)14-7-6-12(3)16(18)17(14)19/h4-8H,9H2,1-3H3. The van der Waals surface area contributed by atoms with Crippen LogP contribution in [0.3, 0.4) is 0 Å². The first kappa shape index (κ1) is 14.4. The molecule has 20 heavy (non-hydrogen) atoms. The van der Waals surface area contributed by atoms with Crippen LogP contribution >= 0.6 is 0 Å². The SMILES string of the molecule is Cc1ccc(C)c(CC(=O)c2ccc(C)c(F)c2F)c1. The molecule has 0 aromatic heterocycles. The van der Waals surface area contributed by atoms with Crippen LogP contribution in [0.4, 0.5) is 8.78 Å². The van der Waals surface area contributed by atoms with Crippen molar-refractivity contribution in [1.82, 2.24) is 0 Å². The van der Waals surface area contributed by atoms with E-state index in [0.717, 1.165) is 16.7 Å². The van der Waals surface area contributed by atoms with Crippen molar-refractivity contribution in [3.05, 3.63) is 69.8 Å². The molecule has 0 spiro atoms. The maximum atomic E-state index is 13.8. The van der Waals surface area contributed by atoms with Gasteiger partial charge < -0.3 is 0 Å². The highest BCUT2D eigenvalue weighted by atomic mass is 19.2. The number of rotatable bonds is 3. The minimum absolute atomic E-state index is 0.0763. The van der Waals surface area contributed by atoms with Gasteiger partial charge in [-0.3, -0.25) is 4.79 Å². The van der Waals surface area contributed by atoms with Crippen molar-refractivity contribution >= 4 is 5.78 Å². The molecule has 104 valence electrons. The molecule has 3 heteroatoms. The van der Waals surface area contributed by atoms with Crippen LogP contribution in [0, 0.1) is 32.4 Å². The van der Waals surface area contributed by atoms with Gasteiger partial charge in [0.15, 0.2) is 17.4 Å². The molecule has 0 bridgehead atoms. The summed E-state index contributed by atoms with van der Waals surface area (Å²) in [5.74, 6) is -2.41. The molecule has 0 atom stereocenters. The minimum Gasteiger partial charge on any atom is -0.294 e. The Balaban J connectivity index is 2.33. The topological polar surface area (TPSA) is 17.1 Å². The zero-order valence-corrected chi connectivity index (χ0v) is 11.8. The predicted molar refractivity (Wildman–Crippen MR) is 75.0 cm³/mol. The first-order chi connectivity index (χ1) is 9.40. The van der Waals surface area contributed by atoms with Crippen molar-refractivity contribution in [3.8, 4) is 0 Å². The first-order valence-electron chi connectivity index (χ1n) is 6.44. The zero-order chi connectivity index (χ0) is 14.9. The van der Waals surface area contributed by atoms with Crippen LogP contribution < -0.4 is 0 Å². The molecule has 0 saturated heterocycles. The van der Waals surface area contributed by atoms with Crippen molar-refractivity contribution in [2.45, 2.75) is 27.2 Å². The first-order valence-corrected chi connectivity index (χ1v) is 6.44. The third kappa shape index (κ3) is 2.77. The quantitative estimate of drug-likeness (QED) is 0.762. The zero-order valence-electron chi connectivity index (χ0n) is 11.8. The average molecular weight is 274 g/mol. The number of Topliss-reactive ketones (excluding diaryl/α,β-unsaturated/α-hetero) is 1. The Morgan fingerprint density at radius 3 is 2.30 bits per heavy atom. The van der Waals surface area contributed by atoms with E-state index in [2.05, 4.69) is 0 Å². The van der Waals surface area contributed by atoms with Gasteiger partial charge in [0.1, 0.15) is 0 Å². The van der Waals surface area contributed by atoms with E-state index < -0.39 is 17.4 Å². The molecule has 0 heterocycles. The Hall–Kier alpha value is -2.03. The Labute approximate surface area is 117 Å². The number of aryl methyl sites for hydroxylation is 3. The highest BCUT2D eigenvalue weighted by Crippen LogP contribution is 2.19. The number of carbonyl (C=O) groups excluding carboxylic acids is 1. The van der Waals surface area contributed by atoms with Gasteiger partial charge in [0.2, 0.25) is 0 Å². The molecular formula is C17H16F2O. The van der Waals surface area contributed by atoms with Gasteiger partial charge in [0, 0.05) is 6.42 Å². The summed E-state index contributed by atoms with van der Waals surface area (Å²) in [5, 5.41) is 0. The van der Waals surface area contributed by atoms with E-state index in [4.69, 9.17) is 0 Å². The molecular weight excluding hydrogens is 258 g/mol. The van der Waals surface area contributed by atoms with Gasteiger partial charge in [-0.2, -0.15) is 0 Å². The lowest BCUT2D eigenvalue weighted by Gasteiger charge is -2.08. The molecule has 0 saturated carbocycles. The minimum atomic E-state index is -1.06. The summed E-state index contributed by atoms with van der Waals surface area (Å²) in [6.07, 6.45) is 0.0763. The van der Waals surface area contributed by atoms with Gasteiger partial charge in [-0.1, -0.05) is 29.8 Å². The van der Waals surface area contributed by atoms with Gasteiger partial charge in [0.25, 0.3) is 0 Å². The molecule has 0 unspecified atom stereocenters. The Morgan fingerprint density at radius 2 is 1.60 bits per heavy atom. The molecule has 0 amide bonds. The summed E-state index contributed by atoms with van der Waals surface area (Å²) in [4.78, 5) is 12.2. The number of halogens is 2. The van der Waals surface area contributed by atoms with Gasteiger partial charge >= 0.3 is 0 Å². The van der Waals surface area contributed by atoms with Crippen LogP contribution in [0.25, 0.3) is 0 Å². The number of carbonyl (C=O) groups is 1. The molecule has 1 nitrogen and oxygen atoms in total. The molecule has 0 aliphatic rings. The van der Waals surface area contributed by atoms with Crippen molar-refractivity contribution < 1.29 is 13.6 Å². The summed E-state index contributed by atoms with van der Waals surface area (Å²) in [6, 6.07) is 8.55. The van der Waals surface area contributed by atoms with Gasteiger partial charge in [-0.05, 0) is 43.5 Å². The maximum absolute atomic E-state index is 13.8. The summed E-state index contributed by atoms with van der Waals surface area (Å²) < 4.78 is 27.3. The molecule has 0 fully saturated rings. The van der Waals surface area contributed by atoms with Crippen LogP contribution in [0.5, 0.6) is 0 Å². The smallest absolute Gasteiger partial charge is 0.170 e. The normalized spacial score (nSPS) is 10.7. The fourth-order valence-electron chi connectivity index (χ4n) is 2.12. The molecule has 0 N–H and O–H groups in total. The summed E-state index contributed by atoms with van der Waals surface area (Å²) in [5.41, 5.74) is 2.86. The Kier molecular flexibility index (Phi) is 3.98. The van der Waals surface area contributed by atoms with Crippen LogP contribution in [0.15, 0.2) is 30.3 Å². The van der Waals surface area contributed by atoms with Gasteiger partial charge in [-0.25, -0.2) is 8.78 Å². The largest absolute Gasteiger partial charge is 0.294 e. The van der Waals surface area contributed by atoms with Gasteiger partial charge in [-0.15, -0.1) is 0 Å². The van der Waals surface area contributed by atoms with Crippen LogP contribution in [0.1, 0.15) is 32.6 Å². The van der Waals surface area contributed by atoms with E-state index in [1.807, 2.05) is 32.0 Å². The van der Waals surface area contributed by atoms with Crippen LogP contribution in [-0.4, -0.2) is 5.78 Å². The molecule has 0 aliphatic heterocycles. The van der Waals surface area contributed by atoms with E-state index in [9.17, 15) is 13.6 Å².